The topological polar surface area (TPSA) is 88.6 Å². The zero-order valence-electron chi connectivity index (χ0n) is 8.91. The van der Waals surface area contributed by atoms with Gasteiger partial charge in [0.05, 0.1) is 0 Å². The molecule has 16 heavy (non-hydrogen) atoms. The van der Waals surface area contributed by atoms with Crippen LogP contribution >= 0.6 is 0 Å². The number of nitrogens with two attached hydrogens (primary N) is 1. The molecular formula is C11H15N3O2. The summed E-state index contributed by atoms with van der Waals surface area (Å²) in [6.07, 6.45) is 5.93. The van der Waals surface area contributed by atoms with E-state index in [1.165, 1.54) is 6.21 Å². The largest absolute Gasteiger partial charge is 0.480 e. The van der Waals surface area contributed by atoms with E-state index in [0.29, 0.717) is 19.4 Å². The van der Waals surface area contributed by atoms with Gasteiger partial charge in [0.15, 0.2) is 0 Å². The van der Waals surface area contributed by atoms with Crippen LogP contribution in [0, 0.1) is 0 Å². The Kier molecular flexibility index (Phi) is 5.15. The molecule has 1 aromatic rings. The zero-order valence-corrected chi connectivity index (χ0v) is 8.91. The van der Waals surface area contributed by atoms with Crippen LogP contribution in [-0.4, -0.2) is 34.9 Å². The minimum absolute atomic E-state index is 0.461. The Labute approximate surface area is 94.0 Å². The Morgan fingerprint density at radius 3 is 3.06 bits per heavy atom. The van der Waals surface area contributed by atoms with Crippen LogP contribution in [0.2, 0.25) is 0 Å². The normalized spacial score (nSPS) is 12.8. The quantitative estimate of drug-likeness (QED) is 0.692. The smallest absolute Gasteiger partial charge is 0.328 e. The van der Waals surface area contributed by atoms with Crippen LogP contribution in [-0.2, 0) is 4.79 Å². The maximum Gasteiger partial charge on any atom is 0.328 e. The minimum atomic E-state index is -0.923. The molecular weight excluding hydrogens is 206 g/mol. The van der Waals surface area contributed by atoms with Crippen LogP contribution in [0.4, 0.5) is 0 Å². The summed E-state index contributed by atoms with van der Waals surface area (Å²) >= 11 is 0. The lowest BCUT2D eigenvalue weighted by atomic mass is 10.1. The molecule has 86 valence electrons. The average Bonchev–Trinajstić information content (AvgIpc) is 2.30. The molecule has 3 N–H and O–H groups in total. The third-order valence-electron chi connectivity index (χ3n) is 2.05. The number of pyridine rings is 1. The van der Waals surface area contributed by atoms with Crippen LogP contribution in [0.15, 0.2) is 29.5 Å². The number of aromatic nitrogens is 1. The standard InChI is InChI=1S/C11H15N3O2/c12-5-1-4-10(11(15)16)14-8-9-3-2-6-13-7-9/h2-3,6-8,10H,1,4-5,12H2,(H,15,16). The molecule has 0 radical (unpaired) electrons. The van der Waals surface area contributed by atoms with E-state index in [2.05, 4.69) is 9.98 Å². The van der Waals surface area contributed by atoms with E-state index >= 15 is 0 Å². The van der Waals surface area contributed by atoms with Gasteiger partial charge in [0.2, 0.25) is 0 Å². The fourth-order valence-corrected chi connectivity index (χ4v) is 1.20. The highest BCUT2D eigenvalue weighted by Gasteiger charge is 2.13. The highest BCUT2D eigenvalue weighted by Crippen LogP contribution is 2.02. The molecule has 0 bridgehead atoms. The van der Waals surface area contributed by atoms with Gasteiger partial charge >= 0.3 is 5.97 Å². The molecule has 1 unspecified atom stereocenters. The molecule has 0 aliphatic heterocycles. The third-order valence-corrected chi connectivity index (χ3v) is 2.05. The van der Waals surface area contributed by atoms with Gasteiger partial charge in [-0.3, -0.25) is 9.98 Å². The minimum Gasteiger partial charge on any atom is -0.480 e. The van der Waals surface area contributed by atoms with E-state index in [1.54, 1.807) is 18.5 Å². The maximum absolute atomic E-state index is 10.9. The molecule has 0 aromatic carbocycles. The Balaban J connectivity index is 2.61. The third kappa shape index (κ3) is 4.18. The van der Waals surface area contributed by atoms with Crippen molar-refractivity contribution < 1.29 is 9.90 Å². The molecule has 1 atom stereocenters. The van der Waals surface area contributed by atoms with E-state index in [1.807, 2.05) is 6.07 Å². The molecule has 0 aliphatic rings. The lowest BCUT2D eigenvalue weighted by molar-refractivity contribution is -0.138. The highest BCUT2D eigenvalue weighted by molar-refractivity contribution is 5.82. The summed E-state index contributed by atoms with van der Waals surface area (Å²) in [6, 6.07) is 2.87. The maximum atomic E-state index is 10.9. The second kappa shape index (κ2) is 6.68. The number of carboxylic acid groups (broad SMARTS) is 1. The van der Waals surface area contributed by atoms with E-state index in [0.717, 1.165) is 5.56 Å². The summed E-state index contributed by atoms with van der Waals surface area (Å²) in [7, 11) is 0. The Morgan fingerprint density at radius 2 is 2.50 bits per heavy atom. The van der Waals surface area contributed by atoms with Crippen LogP contribution in [0.1, 0.15) is 18.4 Å². The summed E-state index contributed by atoms with van der Waals surface area (Å²) in [5, 5.41) is 8.91. The number of aliphatic imine (C=N–C) groups is 1. The van der Waals surface area contributed by atoms with Crippen molar-refractivity contribution in [1.29, 1.82) is 0 Å². The van der Waals surface area contributed by atoms with Crippen LogP contribution in [0.3, 0.4) is 0 Å². The van der Waals surface area contributed by atoms with Crippen LogP contribution in [0.5, 0.6) is 0 Å². The molecule has 1 heterocycles. The predicted molar refractivity (Wildman–Crippen MR) is 61.5 cm³/mol. The second-order valence-electron chi connectivity index (χ2n) is 3.35. The van der Waals surface area contributed by atoms with E-state index < -0.39 is 12.0 Å². The first-order valence-corrected chi connectivity index (χ1v) is 5.10. The first-order valence-electron chi connectivity index (χ1n) is 5.10. The first-order chi connectivity index (χ1) is 7.74. The van der Waals surface area contributed by atoms with Crippen molar-refractivity contribution in [2.45, 2.75) is 18.9 Å². The first kappa shape index (κ1) is 12.3. The molecule has 0 saturated heterocycles. The molecule has 1 rings (SSSR count). The average molecular weight is 221 g/mol. The van der Waals surface area contributed by atoms with Crippen molar-refractivity contribution in [3.63, 3.8) is 0 Å². The lowest BCUT2D eigenvalue weighted by Crippen LogP contribution is -2.19. The van der Waals surface area contributed by atoms with Gasteiger partial charge in [-0.1, -0.05) is 6.07 Å². The lowest BCUT2D eigenvalue weighted by Gasteiger charge is -2.05. The molecule has 1 aromatic heterocycles. The van der Waals surface area contributed by atoms with Gasteiger partial charge in [-0.15, -0.1) is 0 Å². The summed E-state index contributed by atoms with van der Waals surface area (Å²) < 4.78 is 0. The van der Waals surface area contributed by atoms with Gasteiger partial charge in [-0.2, -0.15) is 0 Å². The fourth-order valence-electron chi connectivity index (χ4n) is 1.20. The van der Waals surface area contributed by atoms with Gasteiger partial charge in [-0.25, -0.2) is 4.79 Å². The Hall–Kier alpha value is -1.75. The number of carbonyl (C=O) groups is 1. The van der Waals surface area contributed by atoms with Gasteiger partial charge in [0, 0.05) is 24.2 Å². The van der Waals surface area contributed by atoms with Crippen molar-refractivity contribution in [3.8, 4) is 0 Å². The second-order valence-corrected chi connectivity index (χ2v) is 3.35. The van der Waals surface area contributed by atoms with Gasteiger partial charge in [-0.05, 0) is 25.5 Å². The Morgan fingerprint density at radius 1 is 1.69 bits per heavy atom. The number of nitrogens with zero attached hydrogens (tertiary/aromatic N) is 2. The molecule has 5 heteroatoms. The molecule has 0 spiro atoms. The van der Waals surface area contributed by atoms with Gasteiger partial charge in [0.25, 0.3) is 0 Å². The van der Waals surface area contributed by atoms with Gasteiger partial charge in [0.1, 0.15) is 6.04 Å². The van der Waals surface area contributed by atoms with E-state index in [4.69, 9.17) is 10.8 Å². The predicted octanol–water partition coefficient (Wildman–Crippen LogP) is 0.693. The van der Waals surface area contributed by atoms with Crippen LogP contribution < -0.4 is 5.73 Å². The SMILES string of the molecule is NCCCC(N=Cc1cccnc1)C(=O)O. The molecule has 0 saturated carbocycles. The summed E-state index contributed by atoms with van der Waals surface area (Å²) in [6.45, 7) is 0.478. The number of hydrogen-bond donors (Lipinski definition) is 2. The highest BCUT2D eigenvalue weighted by atomic mass is 16.4. The number of hydrogen-bond acceptors (Lipinski definition) is 4. The number of carboxylic acids is 1. The van der Waals surface area contributed by atoms with Crippen molar-refractivity contribution >= 4 is 12.2 Å². The van der Waals surface area contributed by atoms with Crippen LogP contribution in [0.25, 0.3) is 0 Å². The summed E-state index contributed by atoms with van der Waals surface area (Å²) in [5.41, 5.74) is 6.12. The van der Waals surface area contributed by atoms with E-state index in [-0.39, 0.29) is 0 Å². The van der Waals surface area contributed by atoms with Crippen molar-refractivity contribution in [2.24, 2.45) is 10.7 Å². The molecule has 0 aliphatic carbocycles. The molecule has 0 amide bonds. The molecule has 5 nitrogen and oxygen atoms in total. The van der Waals surface area contributed by atoms with Crippen molar-refractivity contribution in [2.75, 3.05) is 6.54 Å². The number of aliphatic carboxylic acids is 1. The number of rotatable bonds is 6. The van der Waals surface area contributed by atoms with Gasteiger partial charge < -0.3 is 10.8 Å². The monoisotopic (exact) mass is 221 g/mol. The Bertz CT molecular complexity index is 352. The zero-order chi connectivity index (χ0) is 11.8. The summed E-state index contributed by atoms with van der Waals surface area (Å²) in [5.74, 6) is -0.923. The molecule has 0 fully saturated rings. The van der Waals surface area contributed by atoms with Crippen molar-refractivity contribution in [1.82, 2.24) is 4.98 Å². The fraction of sp³-hybridized carbons (Fsp3) is 0.364. The van der Waals surface area contributed by atoms with Crippen molar-refractivity contribution in [3.05, 3.63) is 30.1 Å². The summed E-state index contributed by atoms with van der Waals surface area (Å²) in [4.78, 5) is 18.8. The van der Waals surface area contributed by atoms with E-state index in [9.17, 15) is 4.79 Å².